The topological polar surface area (TPSA) is 72.9 Å². The van der Waals surface area contributed by atoms with Crippen LogP contribution in [0.3, 0.4) is 0 Å². The maximum absolute atomic E-state index is 14.1. The molecule has 5 rings (SSSR count). The van der Waals surface area contributed by atoms with E-state index < -0.39 is 29.0 Å². The van der Waals surface area contributed by atoms with Gasteiger partial charge in [-0.2, -0.15) is 0 Å². The van der Waals surface area contributed by atoms with Crippen molar-refractivity contribution in [3.8, 4) is 0 Å². The summed E-state index contributed by atoms with van der Waals surface area (Å²) in [5.41, 5.74) is -0.231. The third kappa shape index (κ3) is 2.09. The van der Waals surface area contributed by atoms with Crippen LogP contribution < -0.4 is 4.90 Å². The van der Waals surface area contributed by atoms with Crippen LogP contribution in [0.15, 0.2) is 54.6 Å². The van der Waals surface area contributed by atoms with Crippen molar-refractivity contribution in [2.75, 3.05) is 18.6 Å². The SMILES string of the molecule is CCOC(=O)[C@@H]1[C@H]2O[C@](c3ccccc3)(CCC2=O)[C@@]12C(=O)N(C)c1ccccc12. The molecule has 1 amide bonds. The molecule has 2 fully saturated rings. The number of para-hydroxylation sites is 1. The molecular formula is C24H23NO5. The predicted octanol–water partition coefficient (Wildman–Crippen LogP) is 2.74. The Morgan fingerprint density at radius 1 is 1.13 bits per heavy atom. The van der Waals surface area contributed by atoms with Crippen LogP contribution in [-0.2, 0) is 34.9 Å². The van der Waals surface area contributed by atoms with Crippen LogP contribution in [0.1, 0.15) is 30.9 Å². The van der Waals surface area contributed by atoms with E-state index in [4.69, 9.17) is 9.47 Å². The third-order valence-corrected chi connectivity index (χ3v) is 6.89. The van der Waals surface area contributed by atoms with Gasteiger partial charge in [-0.25, -0.2) is 0 Å². The quantitative estimate of drug-likeness (QED) is 0.735. The second-order valence-electron chi connectivity index (χ2n) is 8.12. The molecule has 4 atom stereocenters. The summed E-state index contributed by atoms with van der Waals surface area (Å²) in [5, 5.41) is 0. The highest BCUT2D eigenvalue weighted by molar-refractivity contribution is 6.13. The Morgan fingerprint density at radius 2 is 1.83 bits per heavy atom. The molecule has 6 nitrogen and oxygen atoms in total. The molecule has 2 aromatic rings. The van der Waals surface area contributed by atoms with Gasteiger partial charge in [0.2, 0.25) is 5.91 Å². The van der Waals surface area contributed by atoms with Crippen LogP contribution >= 0.6 is 0 Å². The first kappa shape index (κ1) is 19.0. The minimum absolute atomic E-state index is 0.156. The first-order valence-electron chi connectivity index (χ1n) is 10.3. The molecule has 0 aliphatic carbocycles. The lowest BCUT2D eigenvalue weighted by atomic mass is 9.59. The minimum atomic E-state index is -1.36. The summed E-state index contributed by atoms with van der Waals surface area (Å²) < 4.78 is 11.9. The largest absolute Gasteiger partial charge is 0.466 e. The molecule has 0 saturated carbocycles. The third-order valence-electron chi connectivity index (χ3n) is 6.89. The Hall–Kier alpha value is -2.99. The molecule has 0 N–H and O–H groups in total. The summed E-state index contributed by atoms with van der Waals surface area (Å²) in [6, 6.07) is 17.0. The number of esters is 1. The van der Waals surface area contributed by atoms with E-state index in [0.29, 0.717) is 6.42 Å². The normalized spacial score (nSPS) is 31.9. The summed E-state index contributed by atoms with van der Waals surface area (Å²) in [5.74, 6) is -1.99. The zero-order chi connectivity index (χ0) is 21.1. The Kier molecular flexibility index (Phi) is 4.12. The highest BCUT2D eigenvalue weighted by Gasteiger charge is 2.78. The number of amides is 1. The zero-order valence-corrected chi connectivity index (χ0v) is 17.0. The molecule has 3 heterocycles. The Morgan fingerprint density at radius 3 is 2.57 bits per heavy atom. The van der Waals surface area contributed by atoms with Gasteiger partial charge in [-0.1, -0.05) is 48.5 Å². The van der Waals surface area contributed by atoms with Crippen molar-refractivity contribution in [1.82, 2.24) is 0 Å². The second kappa shape index (κ2) is 6.51. The van der Waals surface area contributed by atoms with Crippen molar-refractivity contribution in [3.05, 3.63) is 65.7 Å². The number of carbonyl (C=O) groups is 3. The number of anilines is 1. The van der Waals surface area contributed by atoms with E-state index in [0.717, 1.165) is 16.8 Å². The van der Waals surface area contributed by atoms with Crippen molar-refractivity contribution < 1.29 is 23.9 Å². The molecule has 30 heavy (non-hydrogen) atoms. The van der Waals surface area contributed by atoms with Gasteiger partial charge in [0.05, 0.1) is 6.61 Å². The molecule has 2 bridgehead atoms. The first-order chi connectivity index (χ1) is 14.5. The number of likely N-dealkylation sites (N-methyl/N-ethyl adjacent to an activating group) is 1. The summed E-state index contributed by atoms with van der Waals surface area (Å²) in [4.78, 5) is 41.9. The van der Waals surface area contributed by atoms with E-state index in [-0.39, 0.29) is 24.7 Å². The fourth-order valence-electron chi connectivity index (χ4n) is 5.76. The molecule has 6 heteroatoms. The lowest BCUT2D eigenvalue weighted by Crippen LogP contribution is -2.57. The summed E-state index contributed by atoms with van der Waals surface area (Å²) in [7, 11) is 1.71. The van der Waals surface area contributed by atoms with E-state index >= 15 is 0 Å². The summed E-state index contributed by atoms with van der Waals surface area (Å²) in [6.45, 7) is 1.88. The maximum Gasteiger partial charge on any atom is 0.313 e. The number of hydrogen-bond donors (Lipinski definition) is 0. The van der Waals surface area contributed by atoms with E-state index in [9.17, 15) is 14.4 Å². The molecule has 0 aromatic heterocycles. The van der Waals surface area contributed by atoms with Gasteiger partial charge in [0.15, 0.2) is 5.78 Å². The van der Waals surface area contributed by atoms with Crippen LogP contribution in [0.2, 0.25) is 0 Å². The molecule has 154 valence electrons. The number of nitrogens with zero attached hydrogens (tertiary/aromatic N) is 1. The minimum Gasteiger partial charge on any atom is -0.466 e. The lowest BCUT2D eigenvalue weighted by molar-refractivity contribution is -0.158. The van der Waals surface area contributed by atoms with Crippen molar-refractivity contribution in [1.29, 1.82) is 0 Å². The standard InChI is InChI=1S/C24H23NO5/c1-3-29-21(27)19-20-18(26)13-14-23(30-20,15-9-5-4-6-10-15)24(19)16-11-7-8-12-17(16)25(2)22(24)28/h4-12,19-20H,3,13-14H2,1-2H3/t19-,20-,23-,24+/m0/s1. The summed E-state index contributed by atoms with van der Waals surface area (Å²) >= 11 is 0. The smallest absolute Gasteiger partial charge is 0.313 e. The average molecular weight is 405 g/mol. The van der Waals surface area contributed by atoms with Gasteiger partial charge < -0.3 is 14.4 Å². The van der Waals surface area contributed by atoms with E-state index in [2.05, 4.69) is 0 Å². The number of Topliss-reactive ketones (excluding diaryl/α,β-unsaturated/α-hetero) is 1. The number of fused-ring (bicyclic) bond motifs is 5. The van der Waals surface area contributed by atoms with Gasteiger partial charge in [0, 0.05) is 19.2 Å². The van der Waals surface area contributed by atoms with E-state index in [1.165, 1.54) is 0 Å². The highest BCUT2D eigenvalue weighted by atomic mass is 16.6. The number of carbonyl (C=O) groups excluding carboxylic acids is 3. The summed E-state index contributed by atoms with van der Waals surface area (Å²) in [6.07, 6.45) is -0.437. The molecule has 1 spiro atoms. The fourth-order valence-corrected chi connectivity index (χ4v) is 5.76. The van der Waals surface area contributed by atoms with Gasteiger partial charge in [0.25, 0.3) is 0 Å². The number of rotatable bonds is 3. The van der Waals surface area contributed by atoms with Crippen molar-refractivity contribution in [3.63, 3.8) is 0 Å². The number of ketones is 1. The molecule has 3 aliphatic heterocycles. The molecule has 0 unspecified atom stereocenters. The molecule has 2 saturated heterocycles. The van der Waals surface area contributed by atoms with Crippen molar-refractivity contribution >= 4 is 23.3 Å². The zero-order valence-electron chi connectivity index (χ0n) is 17.0. The Labute approximate surface area is 174 Å². The number of benzene rings is 2. The van der Waals surface area contributed by atoms with Crippen LogP contribution in [0.25, 0.3) is 0 Å². The number of ether oxygens (including phenoxy) is 2. The van der Waals surface area contributed by atoms with Crippen molar-refractivity contribution in [2.45, 2.75) is 36.9 Å². The fraction of sp³-hybridized carbons (Fsp3) is 0.375. The van der Waals surface area contributed by atoms with E-state index in [1.807, 2.05) is 54.6 Å². The van der Waals surface area contributed by atoms with Crippen LogP contribution in [-0.4, -0.2) is 37.4 Å². The molecule has 2 aromatic carbocycles. The van der Waals surface area contributed by atoms with Gasteiger partial charge in [0.1, 0.15) is 23.0 Å². The Balaban J connectivity index is 1.87. The molecular weight excluding hydrogens is 382 g/mol. The van der Waals surface area contributed by atoms with Gasteiger partial charge in [-0.3, -0.25) is 14.4 Å². The van der Waals surface area contributed by atoms with Gasteiger partial charge >= 0.3 is 5.97 Å². The second-order valence-corrected chi connectivity index (χ2v) is 8.12. The van der Waals surface area contributed by atoms with Crippen LogP contribution in [0.5, 0.6) is 0 Å². The molecule has 3 aliphatic rings. The highest BCUT2D eigenvalue weighted by Crippen LogP contribution is 2.66. The van der Waals surface area contributed by atoms with Gasteiger partial charge in [-0.05, 0) is 30.5 Å². The van der Waals surface area contributed by atoms with Crippen LogP contribution in [0, 0.1) is 5.92 Å². The monoisotopic (exact) mass is 405 g/mol. The maximum atomic E-state index is 14.1. The van der Waals surface area contributed by atoms with Crippen LogP contribution in [0.4, 0.5) is 5.69 Å². The van der Waals surface area contributed by atoms with Crippen molar-refractivity contribution in [2.24, 2.45) is 5.92 Å². The Bertz CT molecular complexity index is 1050. The lowest BCUT2D eigenvalue weighted by Gasteiger charge is -2.43. The average Bonchev–Trinajstić information content (AvgIpc) is 3.16. The molecule has 0 radical (unpaired) electrons. The predicted molar refractivity (Wildman–Crippen MR) is 109 cm³/mol. The first-order valence-corrected chi connectivity index (χ1v) is 10.3. The number of hydrogen-bond acceptors (Lipinski definition) is 5. The van der Waals surface area contributed by atoms with Gasteiger partial charge in [-0.15, -0.1) is 0 Å². The van der Waals surface area contributed by atoms with E-state index in [1.54, 1.807) is 18.9 Å².